The maximum atomic E-state index is 12.7. The Hall–Kier alpha value is -1.96. The van der Waals surface area contributed by atoms with Crippen LogP contribution in [0.2, 0.25) is 0 Å². The third kappa shape index (κ3) is 3.53. The lowest BCUT2D eigenvalue weighted by molar-refractivity contribution is -0.133. The molecular weight excluding hydrogens is 320 g/mol. The van der Waals surface area contributed by atoms with Gasteiger partial charge in [0.1, 0.15) is 12.4 Å². The van der Waals surface area contributed by atoms with Crippen molar-refractivity contribution in [3.63, 3.8) is 0 Å². The number of para-hydroxylation sites is 2. The van der Waals surface area contributed by atoms with E-state index in [0.717, 1.165) is 17.5 Å². The number of likely N-dealkylation sites (N-methyl/N-ethyl adjacent to an activating group) is 1. The topological polar surface area (TPSA) is 81.8 Å². The molecular formula is C18H26N4O3. The van der Waals surface area contributed by atoms with Gasteiger partial charge in [0.2, 0.25) is 5.91 Å². The van der Waals surface area contributed by atoms with E-state index >= 15 is 0 Å². The predicted molar refractivity (Wildman–Crippen MR) is 95.0 cm³/mol. The van der Waals surface area contributed by atoms with Gasteiger partial charge in [-0.1, -0.05) is 12.1 Å². The molecule has 1 aromatic heterocycles. The van der Waals surface area contributed by atoms with E-state index in [1.807, 2.05) is 42.9 Å². The lowest BCUT2D eigenvalue weighted by Gasteiger charge is -2.23. The Bertz CT molecular complexity index is 743. The first kappa shape index (κ1) is 17.8. The van der Waals surface area contributed by atoms with E-state index in [9.17, 15) is 15.0 Å². The van der Waals surface area contributed by atoms with Crippen molar-refractivity contribution in [2.45, 2.75) is 38.1 Å². The van der Waals surface area contributed by atoms with Crippen LogP contribution in [-0.2, 0) is 17.9 Å². The van der Waals surface area contributed by atoms with Crippen LogP contribution < -0.4 is 0 Å². The quantitative estimate of drug-likeness (QED) is 0.793. The number of hydrogen-bond acceptors (Lipinski definition) is 5. The predicted octanol–water partition coefficient (Wildman–Crippen LogP) is 0.442. The molecule has 1 aliphatic rings. The summed E-state index contributed by atoms with van der Waals surface area (Å²) >= 11 is 0. The summed E-state index contributed by atoms with van der Waals surface area (Å²) in [6.45, 7) is 0.950. The van der Waals surface area contributed by atoms with Crippen LogP contribution in [0.15, 0.2) is 24.3 Å². The molecule has 0 bridgehead atoms. The summed E-state index contributed by atoms with van der Waals surface area (Å²) in [6.07, 6.45) is 1.12. The Morgan fingerprint density at radius 1 is 1.32 bits per heavy atom. The maximum absolute atomic E-state index is 12.7. The first-order valence-corrected chi connectivity index (χ1v) is 8.67. The Morgan fingerprint density at radius 3 is 2.76 bits per heavy atom. The van der Waals surface area contributed by atoms with Crippen LogP contribution in [0.4, 0.5) is 0 Å². The van der Waals surface area contributed by atoms with Gasteiger partial charge in [-0.15, -0.1) is 0 Å². The first-order valence-electron chi connectivity index (χ1n) is 8.67. The number of rotatable bonds is 6. The highest BCUT2D eigenvalue weighted by Gasteiger charge is 2.35. The summed E-state index contributed by atoms with van der Waals surface area (Å²) in [5, 5.41) is 19.2. The number of nitrogens with zero attached hydrogens (tertiary/aromatic N) is 4. The normalized spacial score (nSPS) is 20.8. The number of amides is 1. The number of likely N-dealkylation sites (tertiary alicyclic amines) is 1. The van der Waals surface area contributed by atoms with Gasteiger partial charge in [0, 0.05) is 25.6 Å². The molecule has 3 rings (SSSR count). The van der Waals surface area contributed by atoms with Gasteiger partial charge in [0.05, 0.1) is 23.7 Å². The average molecular weight is 346 g/mol. The molecule has 136 valence electrons. The van der Waals surface area contributed by atoms with Crippen molar-refractivity contribution < 1.29 is 15.0 Å². The highest BCUT2D eigenvalue weighted by Crippen LogP contribution is 2.22. The Balaban J connectivity index is 1.72. The van der Waals surface area contributed by atoms with Gasteiger partial charge in [-0.3, -0.25) is 4.79 Å². The van der Waals surface area contributed by atoms with Crippen LogP contribution in [0.3, 0.4) is 0 Å². The molecule has 0 unspecified atom stereocenters. The molecule has 7 heteroatoms. The van der Waals surface area contributed by atoms with Gasteiger partial charge in [0.25, 0.3) is 0 Å². The van der Waals surface area contributed by atoms with Crippen molar-refractivity contribution in [2.24, 2.45) is 0 Å². The zero-order chi connectivity index (χ0) is 18.0. The second-order valence-electron chi connectivity index (χ2n) is 6.81. The largest absolute Gasteiger partial charge is 0.394 e. The number of carbonyl (C=O) groups is 1. The van der Waals surface area contributed by atoms with E-state index in [0.29, 0.717) is 25.3 Å². The zero-order valence-corrected chi connectivity index (χ0v) is 14.8. The summed E-state index contributed by atoms with van der Waals surface area (Å²) in [6, 6.07) is 7.84. The number of aromatic nitrogens is 2. The highest BCUT2D eigenvalue weighted by atomic mass is 16.3. The summed E-state index contributed by atoms with van der Waals surface area (Å²) in [4.78, 5) is 21.0. The number of hydrogen-bond donors (Lipinski definition) is 2. The van der Waals surface area contributed by atoms with Crippen LogP contribution in [0.25, 0.3) is 11.0 Å². The van der Waals surface area contributed by atoms with Crippen LogP contribution >= 0.6 is 0 Å². The van der Waals surface area contributed by atoms with E-state index in [1.165, 1.54) is 0 Å². The van der Waals surface area contributed by atoms with Crippen molar-refractivity contribution in [1.82, 2.24) is 19.4 Å². The maximum Gasteiger partial charge on any atom is 0.224 e. The van der Waals surface area contributed by atoms with Crippen molar-refractivity contribution in [3.05, 3.63) is 30.1 Å². The molecule has 0 radical (unpaired) electrons. The molecule has 2 aromatic rings. The standard InChI is InChI=1S/C18H26N4O3/c1-20(2)13-9-14(11-23)22(10-13)18(25)7-8-21-16-6-4-3-5-15(16)19-17(21)12-24/h3-6,13-14,23-24H,7-12H2,1-2H3/t13-,14+/m1/s1. The smallest absolute Gasteiger partial charge is 0.224 e. The number of aryl methyl sites for hydroxylation is 1. The third-order valence-corrected chi connectivity index (χ3v) is 5.08. The molecule has 2 heterocycles. The highest BCUT2D eigenvalue weighted by molar-refractivity contribution is 5.78. The van der Waals surface area contributed by atoms with E-state index < -0.39 is 0 Å². The molecule has 0 aliphatic carbocycles. The molecule has 0 spiro atoms. The van der Waals surface area contributed by atoms with Crippen molar-refractivity contribution in [1.29, 1.82) is 0 Å². The van der Waals surface area contributed by atoms with E-state index in [-0.39, 0.29) is 31.2 Å². The van der Waals surface area contributed by atoms with Gasteiger partial charge in [0.15, 0.2) is 0 Å². The lowest BCUT2D eigenvalue weighted by atomic mass is 10.1. The molecule has 1 aromatic carbocycles. The van der Waals surface area contributed by atoms with E-state index in [4.69, 9.17) is 0 Å². The lowest BCUT2D eigenvalue weighted by Crippen LogP contribution is -2.39. The summed E-state index contributed by atoms with van der Waals surface area (Å²) in [5.74, 6) is 0.602. The van der Waals surface area contributed by atoms with Crippen molar-refractivity contribution in [2.75, 3.05) is 27.2 Å². The van der Waals surface area contributed by atoms with Crippen LogP contribution in [0.5, 0.6) is 0 Å². The van der Waals surface area contributed by atoms with Gasteiger partial charge >= 0.3 is 0 Å². The summed E-state index contributed by atoms with van der Waals surface area (Å²) < 4.78 is 1.90. The van der Waals surface area contributed by atoms with Crippen LogP contribution in [0, 0.1) is 0 Å². The number of aliphatic hydroxyl groups excluding tert-OH is 2. The van der Waals surface area contributed by atoms with Crippen LogP contribution in [-0.4, -0.2) is 74.8 Å². The van der Waals surface area contributed by atoms with Crippen molar-refractivity contribution in [3.8, 4) is 0 Å². The molecule has 25 heavy (non-hydrogen) atoms. The van der Waals surface area contributed by atoms with E-state index in [1.54, 1.807) is 4.90 Å². The fraction of sp³-hybridized carbons (Fsp3) is 0.556. The molecule has 1 amide bonds. The second kappa shape index (κ2) is 7.51. The van der Waals surface area contributed by atoms with Gasteiger partial charge in [-0.25, -0.2) is 4.98 Å². The Labute approximate surface area is 147 Å². The third-order valence-electron chi connectivity index (χ3n) is 5.08. The molecule has 0 saturated carbocycles. The second-order valence-corrected chi connectivity index (χ2v) is 6.81. The minimum atomic E-state index is -0.158. The Morgan fingerprint density at radius 2 is 2.08 bits per heavy atom. The molecule has 1 saturated heterocycles. The SMILES string of the molecule is CN(C)[C@@H]1C[C@@H](CO)N(C(=O)CCn2c(CO)nc3ccccc32)C1. The van der Waals surface area contributed by atoms with Gasteiger partial charge < -0.3 is 24.6 Å². The number of aliphatic hydroxyl groups is 2. The van der Waals surface area contributed by atoms with Crippen molar-refractivity contribution >= 4 is 16.9 Å². The fourth-order valence-corrected chi connectivity index (χ4v) is 3.59. The average Bonchev–Trinajstić information content (AvgIpc) is 3.21. The summed E-state index contributed by atoms with van der Waals surface area (Å²) in [7, 11) is 4.00. The number of fused-ring (bicyclic) bond motifs is 1. The van der Waals surface area contributed by atoms with Gasteiger partial charge in [-0.05, 0) is 32.6 Å². The number of benzene rings is 1. The molecule has 1 fully saturated rings. The van der Waals surface area contributed by atoms with Crippen LogP contribution in [0.1, 0.15) is 18.7 Å². The zero-order valence-electron chi connectivity index (χ0n) is 14.8. The van der Waals surface area contributed by atoms with E-state index in [2.05, 4.69) is 9.88 Å². The Kier molecular flexibility index (Phi) is 5.36. The molecule has 2 atom stereocenters. The minimum absolute atomic E-state index is 0.00796. The monoisotopic (exact) mass is 346 g/mol. The first-order chi connectivity index (χ1) is 12.0. The van der Waals surface area contributed by atoms with Gasteiger partial charge in [-0.2, -0.15) is 0 Å². The fourth-order valence-electron chi connectivity index (χ4n) is 3.59. The number of imidazole rings is 1. The molecule has 2 N–H and O–H groups in total. The minimum Gasteiger partial charge on any atom is -0.394 e. The molecule has 1 aliphatic heterocycles. The molecule has 7 nitrogen and oxygen atoms in total. The number of carbonyl (C=O) groups excluding carboxylic acids is 1. The summed E-state index contributed by atoms with van der Waals surface area (Å²) in [5.41, 5.74) is 1.74.